The van der Waals surface area contributed by atoms with Gasteiger partial charge in [-0.15, -0.1) is 0 Å². The molecule has 0 saturated heterocycles. The van der Waals surface area contributed by atoms with Crippen molar-refractivity contribution in [3.8, 4) is 0 Å². The average Bonchev–Trinajstić information content (AvgIpc) is 3.07. The zero-order valence-electron chi connectivity index (χ0n) is 20.0. The minimum absolute atomic E-state index is 0.0913. The third kappa shape index (κ3) is 5.34. The molecule has 3 aromatic carbocycles. The van der Waals surface area contributed by atoms with Gasteiger partial charge in [0, 0.05) is 5.02 Å². The average molecular weight is 552 g/mol. The smallest absolute Gasteiger partial charge is 0.270 e. The van der Waals surface area contributed by atoms with E-state index >= 15 is 0 Å². The first-order valence-electron chi connectivity index (χ1n) is 11.4. The van der Waals surface area contributed by atoms with Gasteiger partial charge in [-0.25, -0.2) is 0 Å². The normalized spacial score (nSPS) is 14.9. The maximum atomic E-state index is 13.9. The molecule has 10 heteroatoms. The van der Waals surface area contributed by atoms with E-state index < -0.39 is 42.2 Å². The molecule has 198 valence electrons. The first-order valence-corrected chi connectivity index (χ1v) is 11.7. The number of carbonyl (C=O) groups excluding carboxylic acids is 2. The summed E-state index contributed by atoms with van der Waals surface area (Å²) in [6.07, 6.45) is -7.83. The maximum Gasteiger partial charge on any atom is 0.416 e. The van der Waals surface area contributed by atoms with Gasteiger partial charge in [-0.05, 0) is 59.9 Å². The molecule has 4 rings (SSSR count). The number of rotatable bonds is 5. The van der Waals surface area contributed by atoms with E-state index in [0.717, 1.165) is 23.1 Å². The van der Waals surface area contributed by atoms with Crippen molar-refractivity contribution < 1.29 is 35.9 Å². The number of alkyl halides is 6. The van der Waals surface area contributed by atoms with Crippen LogP contribution in [0.1, 0.15) is 60.0 Å². The Balaban J connectivity index is 1.68. The topological polar surface area (TPSA) is 37.4 Å². The highest BCUT2D eigenvalue weighted by Crippen LogP contribution is 2.39. The van der Waals surface area contributed by atoms with E-state index in [1.807, 2.05) is 0 Å². The molecule has 3 nitrogen and oxygen atoms in total. The number of amides is 2. The van der Waals surface area contributed by atoms with Crippen molar-refractivity contribution in [1.29, 1.82) is 0 Å². The fourth-order valence-electron chi connectivity index (χ4n) is 4.43. The van der Waals surface area contributed by atoms with Crippen molar-refractivity contribution in [2.75, 3.05) is 0 Å². The van der Waals surface area contributed by atoms with Gasteiger partial charge in [-0.2, -0.15) is 26.3 Å². The third-order valence-corrected chi connectivity index (χ3v) is 6.89. The molecule has 1 heterocycles. The molecule has 1 aliphatic rings. The summed E-state index contributed by atoms with van der Waals surface area (Å²) in [7, 11) is 0. The van der Waals surface area contributed by atoms with E-state index in [1.165, 1.54) is 42.5 Å². The van der Waals surface area contributed by atoms with Crippen molar-refractivity contribution in [2.24, 2.45) is 0 Å². The van der Waals surface area contributed by atoms with Crippen LogP contribution in [0.4, 0.5) is 26.3 Å². The molecular formula is C28H20ClF6NO2. The summed E-state index contributed by atoms with van der Waals surface area (Å²) in [5.74, 6) is -3.52. The number of carbonyl (C=O) groups is 2. The number of nitrogens with zero attached hydrogens (tertiary/aromatic N) is 1. The Bertz CT molecular complexity index is 1400. The first kappa shape index (κ1) is 27.4. The second-order valence-corrected chi connectivity index (χ2v) is 9.38. The fraction of sp³-hybridized carbons (Fsp3) is 0.214. The Kier molecular flexibility index (Phi) is 7.18. The van der Waals surface area contributed by atoms with E-state index in [4.69, 9.17) is 11.6 Å². The highest BCUT2D eigenvalue weighted by Gasteiger charge is 2.40. The van der Waals surface area contributed by atoms with Crippen molar-refractivity contribution in [2.45, 2.75) is 38.7 Å². The monoisotopic (exact) mass is 551 g/mol. The van der Waals surface area contributed by atoms with Crippen LogP contribution in [0.5, 0.6) is 0 Å². The quantitative estimate of drug-likeness (QED) is 0.237. The molecule has 38 heavy (non-hydrogen) atoms. The van der Waals surface area contributed by atoms with Crippen molar-refractivity contribution in [1.82, 2.24) is 4.90 Å². The largest absolute Gasteiger partial charge is 0.416 e. The van der Waals surface area contributed by atoms with Gasteiger partial charge in [0.15, 0.2) is 0 Å². The van der Waals surface area contributed by atoms with Gasteiger partial charge in [-0.3, -0.25) is 14.5 Å². The zero-order chi connectivity index (χ0) is 28.0. The lowest BCUT2D eigenvalue weighted by atomic mass is 9.93. The third-order valence-electron chi connectivity index (χ3n) is 6.30. The Morgan fingerprint density at radius 1 is 0.868 bits per heavy atom. The Morgan fingerprint density at radius 2 is 1.42 bits per heavy atom. The molecule has 1 unspecified atom stereocenters. The number of imide groups is 1. The number of hydrogen-bond donors (Lipinski definition) is 0. The second-order valence-electron chi connectivity index (χ2n) is 9.00. The molecule has 0 fully saturated rings. The molecule has 0 radical (unpaired) electrons. The molecule has 0 spiro atoms. The van der Waals surface area contributed by atoms with Crippen molar-refractivity contribution >= 4 is 29.5 Å². The fourth-order valence-corrected chi connectivity index (χ4v) is 4.54. The van der Waals surface area contributed by atoms with Gasteiger partial charge in [0.25, 0.3) is 11.8 Å². The molecule has 3 aromatic rings. The Hall–Kier alpha value is -3.59. The van der Waals surface area contributed by atoms with Crippen LogP contribution in [-0.2, 0) is 12.7 Å². The lowest BCUT2D eigenvalue weighted by Crippen LogP contribution is -2.30. The van der Waals surface area contributed by atoms with Gasteiger partial charge in [0.05, 0.1) is 29.2 Å². The summed E-state index contributed by atoms with van der Waals surface area (Å²) in [5, 5.41) is 0.335. The van der Waals surface area contributed by atoms with E-state index in [0.29, 0.717) is 22.2 Å². The molecule has 0 aliphatic carbocycles. The summed E-state index contributed by atoms with van der Waals surface area (Å²) in [6.45, 7) is 2.50. The van der Waals surface area contributed by atoms with Crippen LogP contribution in [0.25, 0.3) is 6.08 Å². The van der Waals surface area contributed by atoms with Crippen LogP contribution in [-0.4, -0.2) is 22.9 Å². The SMILES string of the molecule is Cc1cc(C(/C=C/c2ccc(CN3C(=O)c4ccccc4C3=O)c(C(F)(F)F)c2)C(F)(F)F)cc(C)c1Cl. The lowest BCUT2D eigenvalue weighted by Gasteiger charge is -2.20. The van der Waals surface area contributed by atoms with Gasteiger partial charge in [-0.1, -0.05) is 60.2 Å². The van der Waals surface area contributed by atoms with Crippen LogP contribution < -0.4 is 0 Å². The molecule has 2 amide bonds. The molecule has 0 aromatic heterocycles. The molecule has 0 N–H and O–H groups in total. The van der Waals surface area contributed by atoms with Crippen molar-refractivity contribution in [3.05, 3.63) is 110 Å². The van der Waals surface area contributed by atoms with E-state index in [9.17, 15) is 35.9 Å². The molecular weight excluding hydrogens is 532 g/mol. The molecule has 1 aliphatic heterocycles. The zero-order valence-corrected chi connectivity index (χ0v) is 20.8. The van der Waals surface area contributed by atoms with Gasteiger partial charge in [0.1, 0.15) is 0 Å². The van der Waals surface area contributed by atoms with Crippen LogP contribution in [0.2, 0.25) is 5.02 Å². The standard InChI is InChI=1S/C28H20ClF6NO2/c1-15-11-19(12-16(2)24(15)29)22(27(30,31)32)10-8-17-7-9-18(23(13-17)28(33,34)35)14-36-25(37)20-5-3-4-6-21(20)26(36)38/h3-13,22H,14H2,1-2H3/b10-8+. The Morgan fingerprint density at radius 3 is 1.92 bits per heavy atom. The van der Waals surface area contributed by atoms with Crippen LogP contribution >= 0.6 is 11.6 Å². The summed E-state index contributed by atoms with van der Waals surface area (Å²) in [4.78, 5) is 25.9. The predicted octanol–water partition coefficient (Wildman–Crippen LogP) is 8.13. The van der Waals surface area contributed by atoms with Gasteiger partial charge < -0.3 is 0 Å². The van der Waals surface area contributed by atoms with Gasteiger partial charge >= 0.3 is 12.4 Å². The summed E-state index contributed by atoms with van der Waals surface area (Å²) < 4.78 is 83.5. The number of benzene rings is 3. The summed E-state index contributed by atoms with van der Waals surface area (Å²) in [6, 6.07) is 11.5. The minimum Gasteiger partial charge on any atom is -0.270 e. The van der Waals surface area contributed by atoms with Crippen LogP contribution in [0, 0.1) is 13.8 Å². The first-order chi connectivity index (χ1) is 17.7. The van der Waals surface area contributed by atoms with Crippen LogP contribution in [0.15, 0.2) is 60.7 Å². The highest BCUT2D eigenvalue weighted by atomic mass is 35.5. The Labute approximate surface area is 219 Å². The lowest BCUT2D eigenvalue weighted by molar-refractivity contribution is -0.140. The maximum absolute atomic E-state index is 13.9. The molecule has 0 bridgehead atoms. The van der Waals surface area contributed by atoms with E-state index in [1.54, 1.807) is 13.8 Å². The van der Waals surface area contributed by atoms with E-state index in [2.05, 4.69) is 0 Å². The van der Waals surface area contributed by atoms with E-state index in [-0.39, 0.29) is 27.8 Å². The highest BCUT2D eigenvalue weighted by molar-refractivity contribution is 6.32. The van der Waals surface area contributed by atoms with Crippen LogP contribution in [0.3, 0.4) is 0 Å². The predicted molar refractivity (Wildman–Crippen MR) is 131 cm³/mol. The minimum atomic E-state index is -4.88. The number of halogens is 7. The number of hydrogen-bond acceptors (Lipinski definition) is 2. The van der Waals surface area contributed by atoms with Crippen molar-refractivity contribution in [3.63, 3.8) is 0 Å². The number of aryl methyl sites for hydroxylation is 2. The second kappa shape index (κ2) is 9.94. The molecule has 0 saturated carbocycles. The number of allylic oxidation sites excluding steroid dienone is 1. The molecule has 1 atom stereocenters. The van der Waals surface area contributed by atoms with Gasteiger partial charge in [0.2, 0.25) is 0 Å². The summed E-state index contributed by atoms with van der Waals surface area (Å²) in [5.41, 5.74) is -0.653. The number of fused-ring (bicyclic) bond motifs is 1. The summed E-state index contributed by atoms with van der Waals surface area (Å²) >= 11 is 6.07.